The minimum absolute atomic E-state index is 0.0566. The average Bonchev–Trinajstić information content (AvgIpc) is 2.72. The molecule has 2 aromatic carbocycles. The van der Waals surface area contributed by atoms with Crippen molar-refractivity contribution in [3.8, 4) is 11.5 Å². The Hall–Kier alpha value is -3.02. The molecule has 6 heteroatoms. The third-order valence-corrected chi connectivity index (χ3v) is 4.43. The second-order valence-corrected chi connectivity index (χ2v) is 7.13. The van der Waals surface area contributed by atoms with Crippen LogP contribution in [0.25, 0.3) is 0 Å². The molecule has 0 aliphatic carbocycles. The molecule has 0 aromatic heterocycles. The van der Waals surface area contributed by atoms with E-state index >= 15 is 0 Å². The summed E-state index contributed by atoms with van der Waals surface area (Å²) in [5.74, 6) is 1.24. The number of unbranched alkanes of at least 4 members (excludes halogenated alkanes) is 1. The van der Waals surface area contributed by atoms with Gasteiger partial charge in [-0.05, 0) is 42.2 Å². The fraction of sp³-hybridized carbons (Fsp3) is 0.391. The number of ether oxygens (including phenoxy) is 2. The minimum atomic E-state index is -0.278. The van der Waals surface area contributed by atoms with E-state index < -0.39 is 0 Å². The molecule has 6 nitrogen and oxygen atoms in total. The molecular formula is C23H30N2O4. The zero-order chi connectivity index (χ0) is 21.2. The number of nitrogens with one attached hydrogen (secondary N) is 2. The van der Waals surface area contributed by atoms with Crippen LogP contribution in [0.15, 0.2) is 42.5 Å². The van der Waals surface area contributed by atoms with E-state index in [0.717, 1.165) is 12.8 Å². The van der Waals surface area contributed by atoms with E-state index in [9.17, 15) is 9.59 Å². The molecule has 0 aliphatic heterocycles. The normalized spacial score (nSPS) is 10.5. The molecule has 0 bridgehead atoms. The molecular weight excluding hydrogens is 368 g/mol. The molecule has 0 aliphatic rings. The maximum Gasteiger partial charge on any atom is 0.262 e. The molecule has 0 saturated heterocycles. The molecule has 2 rings (SSSR count). The molecule has 0 unspecified atom stereocenters. The number of hydrogen-bond acceptors (Lipinski definition) is 4. The van der Waals surface area contributed by atoms with Gasteiger partial charge >= 0.3 is 0 Å². The molecule has 156 valence electrons. The Morgan fingerprint density at radius 1 is 1.00 bits per heavy atom. The van der Waals surface area contributed by atoms with Gasteiger partial charge in [0.15, 0.2) is 6.61 Å². The molecule has 2 amide bonds. The molecule has 2 aromatic rings. The van der Waals surface area contributed by atoms with Crippen LogP contribution in [0.4, 0.5) is 11.4 Å². The molecule has 29 heavy (non-hydrogen) atoms. The Kier molecular flexibility index (Phi) is 8.52. The van der Waals surface area contributed by atoms with E-state index in [2.05, 4.69) is 24.5 Å². The van der Waals surface area contributed by atoms with Crippen molar-refractivity contribution in [3.63, 3.8) is 0 Å². The van der Waals surface area contributed by atoms with Gasteiger partial charge in [0.1, 0.15) is 11.5 Å². The number of methoxy groups -OCH3 is 1. The molecule has 0 atom stereocenters. The smallest absolute Gasteiger partial charge is 0.262 e. The van der Waals surface area contributed by atoms with Crippen LogP contribution in [-0.4, -0.2) is 25.5 Å². The van der Waals surface area contributed by atoms with Crippen molar-refractivity contribution in [2.24, 2.45) is 0 Å². The third-order valence-electron chi connectivity index (χ3n) is 4.43. The van der Waals surface area contributed by atoms with Gasteiger partial charge in [-0.3, -0.25) is 9.59 Å². The van der Waals surface area contributed by atoms with Crippen LogP contribution < -0.4 is 20.1 Å². The minimum Gasteiger partial charge on any atom is -0.494 e. The molecule has 0 fully saturated rings. The van der Waals surface area contributed by atoms with Gasteiger partial charge in [-0.15, -0.1) is 0 Å². The number of rotatable bonds is 10. The van der Waals surface area contributed by atoms with Crippen molar-refractivity contribution in [1.82, 2.24) is 0 Å². The van der Waals surface area contributed by atoms with E-state index in [-0.39, 0.29) is 18.4 Å². The standard InChI is InChI=1S/C23H30N2O4/c1-5-6-7-22(26)25-20-13-10-18(14-21(20)28-4)24-23(27)15-29-19-11-8-17(9-12-19)16(2)3/h8-14,16H,5-7,15H2,1-4H3,(H,24,27)(H,25,26). The van der Waals surface area contributed by atoms with Gasteiger partial charge in [0.05, 0.1) is 12.8 Å². The predicted molar refractivity (Wildman–Crippen MR) is 116 cm³/mol. The first kappa shape index (κ1) is 22.3. The van der Waals surface area contributed by atoms with E-state index in [0.29, 0.717) is 35.2 Å². The number of carbonyl (C=O) groups is 2. The number of carbonyl (C=O) groups excluding carboxylic acids is 2. The van der Waals surface area contributed by atoms with E-state index in [4.69, 9.17) is 9.47 Å². The Labute approximate surface area is 172 Å². The highest BCUT2D eigenvalue weighted by molar-refractivity contribution is 5.95. The summed E-state index contributed by atoms with van der Waals surface area (Å²) in [5.41, 5.74) is 2.36. The van der Waals surface area contributed by atoms with Crippen molar-refractivity contribution >= 4 is 23.2 Å². The maximum absolute atomic E-state index is 12.2. The quantitative estimate of drug-likeness (QED) is 0.593. The van der Waals surface area contributed by atoms with Crippen molar-refractivity contribution in [3.05, 3.63) is 48.0 Å². The first-order valence-corrected chi connectivity index (χ1v) is 9.93. The lowest BCUT2D eigenvalue weighted by molar-refractivity contribution is -0.118. The Balaban J connectivity index is 1.91. The van der Waals surface area contributed by atoms with Crippen LogP contribution in [0.3, 0.4) is 0 Å². The highest BCUT2D eigenvalue weighted by atomic mass is 16.5. The first-order chi connectivity index (χ1) is 13.9. The van der Waals surface area contributed by atoms with Crippen LogP contribution in [-0.2, 0) is 9.59 Å². The number of amides is 2. The van der Waals surface area contributed by atoms with Crippen molar-refractivity contribution in [2.75, 3.05) is 24.4 Å². The SMILES string of the molecule is CCCCC(=O)Nc1ccc(NC(=O)COc2ccc(C(C)C)cc2)cc1OC. The summed E-state index contributed by atoms with van der Waals surface area (Å²) in [7, 11) is 1.52. The van der Waals surface area contributed by atoms with Gasteiger partial charge < -0.3 is 20.1 Å². The Morgan fingerprint density at radius 3 is 2.34 bits per heavy atom. The summed E-state index contributed by atoms with van der Waals surface area (Å²) in [6, 6.07) is 12.8. The lowest BCUT2D eigenvalue weighted by Crippen LogP contribution is -2.20. The lowest BCUT2D eigenvalue weighted by atomic mass is 10.0. The summed E-state index contributed by atoms with van der Waals surface area (Å²) in [4.78, 5) is 24.1. The second kappa shape index (κ2) is 11.1. The number of anilines is 2. The highest BCUT2D eigenvalue weighted by Gasteiger charge is 2.10. The summed E-state index contributed by atoms with van der Waals surface area (Å²) in [6.07, 6.45) is 2.26. The van der Waals surface area contributed by atoms with Crippen molar-refractivity contribution in [2.45, 2.75) is 46.0 Å². The summed E-state index contributed by atoms with van der Waals surface area (Å²) < 4.78 is 10.9. The maximum atomic E-state index is 12.2. The summed E-state index contributed by atoms with van der Waals surface area (Å²) >= 11 is 0. The van der Waals surface area contributed by atoms with Crippen LogP contribution >= 0.6 is 0 Å². The van der Waals surface area contributed by atoms with E-state index in [1.165, 1.54) is 12.7 Å². The van der Waals surface area contributed by atoms with E-state index in [1.54, 1.807) is 18.2 Å². The van der Waals surface area contributed by atoms with Crippen LogP contribution in [0, 0.1) is 0 Å². The van der Waals surface area contributed by atoms with Gasteiger partial charge in [0.2, 0.25) is 5.91 Å². The average molecular weight is 399 g/mol. The van der Waals surface area contributed by atoms with Gasteiger partial charge in [-0.25, -0.2) is 0 Å². The third kappa shape index (κ3) is 7.14. The monoisotopic (exact) mass is 398 g/mol. The van der Waals surface area contributed by atoms with Crippen LogP contribution in [0.1, 0.15) is 51.5 Å². The van der Waals surface area contributed by atoms with Gasteiger partial charge in [0, 0.05) is 18.2 Å². The van der Waals surface area contributed by atoms with Crippen molar-refractivity contribution < 1.29 is 19.1 Å². The topological polar surface area (TPSA) is 76.7 Å². The summed E-state index contributed by atoms with van der Waals surface area (Å²) in [6.45, 7) is 6.19. The lowest BCUT2D eigenvalue weighted by Gasteiger charge is -2.13. The Morgan fingerprint density at radius 2 is 1.72 bits per heavy atom. The van der Waals surface area contributed by atoms with Crippen LogP contribution in [0.2, 0.25) is 0 Å². The molecule has 0 spiro atoms. The van der Waals surface area contributed by atoms with Gasteiger partial charge in [-0.1, -0.05) is 39.3 Å². The second-order valence-electron chi connectivity index (χ2n) is 7.13. The first-order valence-electron chi connectivity index (χ1n) is 9.93. The zero-order valence-corrected chi connectivity index (χ0v) is 17.6. The van der Waals surface area contributed by atoms with E-state index in [1.807, 2.05) is 31.2 Å². The van der Waals surface area contributed by atoms with Gasteiger partial charge in [-0.2, -0.15) is 0 Å². The fourth-order valence-corrected chi connectivity index (χ4v) is 2.72. The predicted octanol–water partition coefficient (Wildman–Crippen LogP) is 4.96. The molecule has 0 radical (unpaired) electrons. The molecule has 2 N–H and O–H groups in total. The van der Waals surface area contributed by atoms with Gasteiger partial charge in [0.25, 0.3) is 5.91 Å². The summed E-state index contributed by atoms with van der Waals surface area (Å²) in [5, 5.41) is 5.61. The Bertz CT molecular complexity index is 816. The molecule has 0 heterocycles. The zero-order valence-electron chi connectivity index (χ0n) is 17.6. The number of hydrogen-bond donors (Lipinski definition) is 2. The van der Waals surface area contributed by atoms with Crippen molar-refractivity contribution in [1.29, 1.82) is 0 Å². The fourth-order valence-electron chi connectivity index (χ4n) is 2.72. The number of benzene rings is 2. The van der Waals surface area contributed by atoms with Crippen LogP contribution in [0.5, 0.6) is 11.5 Å². The highest BCUT2D eigenvalue weighted by Crippen LogP contribution is 2.28. The molecule has 0 saturated carbocycles. The largest absolute Gasteiger partial charge is 0.494 e.